The molecule has 0 aromatic carbocycles. The first-order chi connectivity index (χ1) is 11.7. The number of amides is 1. The third-order valence-electron chi connectivity index (χ3n) is 4.86. The average Bonchev–Trinajstić information content (AvgIpc) is 2.58. The summed E-state index contributed by atoms with van der Waals surface area (Å²) in [6.45, 7) is 9.37. The highest BCUT2D eigenvalue weighted by atomic mass is 16.2. The molecule has 0 aromatic heterocycles. The van der Waals surface area contributed by atoms with Crippen molar-refractivity contribution in [1.29, 1.82) is 0 Å². The Morgan fingerprint density at radius 1 is 0.792 bits per heavy atom. The van der Waals surface area contributed by atoms with Crippen molar-refractivity contribution in [3.8, 4) is 0 Å². The lowest BCUT2D eigenvalue weighted by molar-refractivity contribution is -0.133. The van der Waals surface area contributed by atoms with Gasteiger partial charge in [-0.05, 0) is 45.2 Å². The van der Waals surface area contributed by atoms with E-state index in [4.69, 9.17) is 0 Å². The summed E-state index contributed by atoms with van der Waals surface area (Å²) in [7, 11) is 0. The van der Waals surface area contributed by atoms with Crippen LogP contribution in [0.4, 0.5) is 0 Å². The van der Waals surface area contributed by atoms with Crippen LogP contribution in [0, 0.1) is 0 Å². The van der Waals surface area contributed by atoms with E-state index in [0.717, 1.165) is 51.9 Å². The maximum atomic E-state index is 11.3. The van der Waals surface area contributed by atoms with Gasteiger partial charge in [-0.15, -0.1) is 0 Å². The second-order valence-electron chi connectivity index (χ2n) is 7.17. The summed E-state index contributed by atoms with van der Waals surface area (Å²) in [6.07, 6.45) is 12.5. The first-order valence-electron chi connectivity index (χ1n) is 10.2. The minimum absolute atomic E-state index is 0.373. The minimum Gasteiger partial charge on any atom is -0.343 e. The Labute approximate surface area is 149 Å². The SMILES string of the molecule is CCCCCN1CCCC(=O)C1.CCCCCN1CCCCC1=O. The van der Waals surface area contributed by atoms with Crippen molar-refractivity contribution in [2.24, 2.45) is 0 Å². The number of Topliss-reactive ketones (excluding diaryl/α,β-unsaturated/α-hetero) is 1. The van der Waals surface area contributed by atoms with Gasteiger partial charge in [0.25, 0.3) is 0 Å². The lowest BCUT2D eigenvalue weighted by Crippen LogP contribution is -2.36. The summed E-state index contributed by atoms with van der Waals surface area (Å²) >= 11 is 0. The van der Waals surface area contributed by atoms with Gasteiger partial charge in [0, 0.05) is 25.9 Å². The van der Waals surface area contributed by atoms with E-state index in [0.29, 0.717) is 18.2 Å². The molecule has 0 unspecified atom stereocenters. The molecule has 2 heterocycles. The molecule has 0 atom stereocenters. The van der Waals surface area contributed by atoms with Gasteiger partial charge in [0.2, 0.25) is 5.91 Å². The Morgan fingerprint density at radius 3 is 2.12 bits per heavy atom. The number of hydrogen-bond donors (Lipinski definition) is 0. The van der Waals surface area contributed by atoms with Crippen LogP contribution in [0.15, 0.2) is 0 Å². The third-order valence-corrected chi connectivity index (χ3v) is 4.86. The summed E-state index contributed by atoms with van der Waals surface area (Å²) < 4.78 is 0. The molecule has 0 radical (unpaired) electrons. The van der Waals surface area contributed by atoms with Crippen molar-refractivity contribution in [2.75, 3.05) is 32.7 Å². The highest BCUT2D eigenvalue weighted by Gasteiger charge is 2.16. The fraction of sp³-hybridized carbons (Fsp3) is 0.900. The molecule has 140 valence electrons. The fourth-order valence-electron chi connectivity index (χ4n) is 3.33. The standard InChI is InChI=1S/2C10H19NO/c1-2-3-5-8-11-9-6-4-7-10(11)12;1-2-3-4-7-11-8-5-6-10(12)9-11/h2*2-9H2,1H3. The first kappa shape index (κ1) is 21.1. The van der Waals surface area contributed by atoms with Crippen molar-refractivity contribution in [3.63, 3.8) is 0 Å². The Kier molecular flexibility index (Phi) is 11.8. The van der Waals surface area contributed by atoms with Gasteiger partial charge in [0.1, 0.15) is 5.78 Å². The van der Waals surface area contributed by atoms with Crippen LogP contribution < -0.4 is 0 Å². The van der Waals surface area contributed by atoms with E-state index in [-0.39, 0.29) is 0 Å². The highest BCUT2D eigenvalue weighted by Crippen LogP contribution is 2.11. The molecule has 0 aromatic rings. The highest BCUT2D eigenvalue weighted by molar-refractivity contribution is 5.81. The summed E-state index contributed by atoms with van der Waals surface area (Å²) in [6, 6.07) is 0. The molecule has 2 fully saturated rings. The quantitative estimate of drug-likeness (QED) is 0.627. The van der Waals surface area contributed by atoms with E-state index >= 15 is 0 Å². The van der Waals surface area contributed by atoms with Gasteiger partial charge >= 0.3 is 0 Å². The van der Waals surface area contributed by atoms with E-state index in [2.05, 4.69) is 18.7 Å². The van der Waals surface area contributed by atoms with Crippen molar-refractivity contribution < 1.29 is 9.59 Å². The molecule has 0 spiro atoms. The van der Waals surface area contributed by atoms with Crippen LogP contribution in [0.1, 0.15) is 84.5 Å². The number of piperidine rings is 2. The summed E-state index contributed by atoms with van der Waals surface area (Å²) in [4.78, 5) is 26.7. The zero-order chi connectivity index (χ0) is 17.6. The average molecular weight is 339 g/mol. The molecule has 0 bridgehead atoms. The lowest BCUT2D eigenvalue weighted by atomic mass is 10.1. The van der Waals surface area contributed by atoms with Crippen LogP contribution in [0.5, 0.6) is 0 Å². The minimum atomic E-state index is 0.373. The summed E-state index contributed by atoms with van der Waals surface area (Å²) in [5.74, 6) is 0.801. The number of likely N-dealkylation sites (tertiary alicyclic amines) is 2. The molecule has 0 N–H and O–H groups in total. The lowest BCUT2D eigenvalue weighted by Gasteiger charge is -2.26. The molecule has 4 heteroatoms. The Bertz CT molecular complexity index is 358. The molecule has 0 saturated carbocycles. The van der Waals surface area contributed by atoms with Gasteiger partial charge in [0.15, 0.2) is 0 Å². The van der Waals surface area contributed by atoms with E-state index in [1.165, 1.54) is 44.9 Å². The van der Waals surface area contributed by atoms with Crippen LogP contribution in [0.3, 0.4) is 0 Å². The second kappa shape index (κ2) is 13.4. The molecular weight excluding hydrogens is 300 g/mol. The van der Waals surface area contributed by atoms with E-state index in [9.17, 15) is 9.59 Å². The van der Waals surface area contributed by atoms with Crippen LogP contribution in [0.25, 0.3) is 0 Å². The summed E-state index contributed by atoms with van der Waals surface area (Å²) in [5.41, 5.74) is 0. The Morgan fingerprint density at radius 2 is 1.50 bits per heavy atom. The molecule has 2 rings (SSSR count). The van der Waals surface area contributed by atoms with Crippen LogP contribution >= 0.6 is 0 Å². The van der Waals surface area contributed by atoms with Crippen molar-refractivity contribution >= 4 is 11.7 Å². The molecule has 24 heavy (non-hydrogen) atoms. The number of nitrogens with zero attached hydrogens (tertiary/aromatic N) is 2. The zero-order valence-electron chi connectivity index (χ0n) is 16.0. The maximum absolute atomic E-state index is 11.3. The largest absolute Gasteiger partial charge is 0.343 e. The number of hydrogen-bond acceptors (Lipinski definition) is 3. The molecule has 1 amide bonds. The number of carbonyl (C=O) groups is 2. The number of ketones is 1. The van der Waals surface area contributed by atoms with Gasteiger partial charge in [-0.2, -0.15) is 0 Å². The monoisotopic (exact) mass is 338 g/mol. The van der Waals surface area contributed by atoms with E-state index in [1.54, 1.807) is 0 Å². The van der Waals surface area contributed by atoms with Crippen LogP contribution in [-0.4, -0.2) is 54.2 Å². The van der Waals surface area contributed by atoms with E-state index in [1.807, 2.05) is 4.90 Å². The molecule has 4 nitrogen and oxygen atoms in total. The smallest absolute Gasteiger partial charge is 0.222 e. The summed E-state index contributed by atoms with van der Waals surface area (Å²) in [5, 5.41) is 0. The zero-order valence-corrected chi connectivity index (χ0v) is 16.0. The fourth-order valence-corrected chi connectivity index (χ4v) is 3.33. The van der Waals surface area contributed by atoms with Gasteiger partial charge in [-0.1, -0.05) is 39.5 Å². The van der Waals surface area contributed by atoms with Crippen molar-refractivity contribution in [2.45, 2.75) is 84.5 Å². The molecular formula is C20H38N2O2. The van der Waals surface area contributed by atoms with Crippen LogP contribution in [0.2, 0.25) is 0 Å². The Hall–Kier alpha value is -0.900. The van der Waals surface area contributed by atoms with Gasteiger partial charge in [-0.3, -0.25) is 14.5 Å². The number of carbonyl (C=O) groups excluding carboxylic acids is 2. The number of unbranched alkanes of at least 4 members (excludes halogenated alkanes) is 4. The predicted molar refractivity (Wildman–Crippen MR) is 100 cm³/mol. The third kappa shape index (κ3) is 9.41. The van der Waals surface area contributed by atoms with Gasteiger partial charge < -0.3 is 4.90 Å². The van der Waals surface area contributed by atoms with Gasteiger partial charge in [-0.25, -0.2) is 0 Å². The maximum Gasteiger partial charge on any atom is 0.222 e. The second-order valence-corrected chi connectivity index (χ2v) is 7.17. The first-order valence-corrected chi connectivity index (χ1v) is 10.2. The van der Waals surface area contributed by atoms with Crippen LogP contribution in [-0.2, 0) is 9.59 Å². The van der Waals surface area contributed by atoms with Crippen molar-refractivity contribution in [3.05, 3.63) is 0 Å². The number of rotatable bonds is 8. The van der Waals surface area contributed by atoms with Gasteiger partial charge in [0.05, 0.1) is 6.54 Å². The molecule has 0 aliphatic carbocycles. The Balaban J connectivity index is 0.000000240. The predicted octanol–water partition coefficient (Wildman–Crippen LogP) is 4.03. The molecule has 2 aliphatic rings. The van der Waals surface area contributed by atoms with E-state index < -0.39 is 0 Å². The molecule has 2 saturated heterocycles. The molecule has 2 aliphatic heterocycles. The normalized spacial score (nSPS) is 19.2. The van der Waals surface area contributed by atoms with Crippen molar-refractivity contribution in [1.82, 2.24) is 9.80 Å². The topological polar surface area (TPSA) is 40.6 Å².